The van der Waals surface area contributed by atoms with Crippen molar-refractivity contribution in [3.8, 4) is 0 Å². The summed E-state index contributed by atoms with van der Waals surface area (Å²) in [5.74, 6) is 0.996. The Morgan fingerprint density at radius 3 is 2.76 bits per heavy atom. The van der Waals surface area contributed by atoms with Crippen LogP contribution in [0.15, 0.2) is 16.7 Å². The van der Waals surface area contributed by atoms with Gasteiger partial charge in [0.05, 0.1) is 6.26 Å². The molecule has 0 saturated carbocycles. The van der Waals surface area contributed by atoms with Gasteiger partial charge < -0.3 is 14.1 Å². The van der Waals surface area contributed by atoms with Crippen LogP contribution in [0.5, 0.6) is 0 Å². The zero-order valence-electron chi connectivity index (χ0n) is 10.7. The van der Waals surface area contributed by atoms with Crippen LogP contribution in [0, 0.1) is 0 Å². The molecule has 0 unspecified atom stereocenters. The van der Waals surface area contributed by atoms with Crippen molar-refractivity contribution >= 4 is 6.09 Å². The monoisotopic (exact) mass is 237 g/mol. The van der Waals surface area contributed by atoms with Crippen molar-refractivity contribution in [1.29, 1.82) is 0 Å². The number of hydrogen-bond acceptors (Lipinski definition) is 3. The van der Waals surface area contributed by atoms with Crippen LogP contribution in [0.4, 0.5) is 4.79 Å². The van der Waals surface area contributed by atoms with Gasteiger partial charge in [-0.3, -0.25) is 0 Å². The lowest BCUT2D eigenvalue weighted by Gasteiger charge is -2.26. The fourth-order valence-corrected chi connectivity index (χ4v) is 1.92. The van der Waals surface area contributed by atoms with Crippen molar-refractivity contribution in [2.45, 2.75) is 39.2 Å². The van der Waals surface area contributed by atoms with Crippen molar-refractivity contribution in [3.05, 3.63) is 23.7 Å². The predicted molar refractivity (Wildman–Crippen MR) is 63.9 cm³/mol. The fraction of sp³-hybridized carbons (Fsp3) is 0.615. The Morgan fingerprint density at radius 1 is 1.35 bits per heavy atom. The summed E-state index contributed by atoms with van der Waals surface area (Å²) in [7, 11) is 0. The molecule has 4 heteroatoms. The molecule has 0 atom stereocenters. The number of nitrogens with zero attached hydrogens (tertiary/aromatic N) is 1. The topological polar surface area (TPSA) is 42.7 Å². The van der Waals surface area contributed by atoms with Crippen LogP contribution in [-0.2, 0) is 17.6 Å². The molecule has 94 valence electrons. The van der Waals surface area contributed by atoms with E-state index in [4.69, 9.17) is 9.15 Å². The summed E-state index contributed by atoms with van der Waals surface area (Å²) in [6.07, 6.45) is 3.09. The lowest BCUT2D eigenvalue weighted by Crippen LogP contribution is -2.38. The third-order valence-electron chi connectivity index (χ3n) is 2.75. The van der Waals surface area contributed by atoms with Gasteiger partial charge in [-0.25, -0.2) is 4.79 Å². The van der Waals surface area contributed by atoms with Gasteiger partial charge in [0.1, 0.15) is 11.4 Å². The van der Waals surface area contributed by atoms with Crippen LogP contribution in [0.2, 0.25) is 0 Å². The Labute approximate surface area is 102 Å². The van der Waals surface area contributed by atoms with E-state index in [2.05, 4.69) is 0 Å². The van der Waals surface area contributed by atoms with Crippen LogP contribution in [0.3, 0.4) is 0 Å². The van der Waals surface area contributed by atoms with Gasteiger partial charge >= 0.3 is 6.09 Å². The highest BCUT2D eigenvalue weighted by molar-refractivity contribution is 5.68. The van der Waals surface area contributed by atoms with Crippen molar-refractivity contribution in [2.75, 3.05) is 13.1 Å². The molecular weight excluding hydrogens is 218 g/mol. The van der Waals surface area contributed by atoms with Gasteiger partial charge in [0.15, 0.2) is 0 Å². The summed E-state index contributed by atoms with van der Waals surface area (Å²) in [6, 6.07) is 1.98. The van der Waals surface area contributed by atoms with Gasteiger partial charge in [0.2, 0.25) is 0 Å². The molecule has 0 aliphatic carbocycles. The molecule has 0 radical (unpaired) electrons. The summed E-state index contributed by atoms with van der Waals surface area (Å²) in [5, 5.41) is 0. The second-order valence-electron chi connectivity index (χ2n) is 5.34. The van der Waals surface area contributed by atoms with Crippen molar-refractivity contribution in [3.63, 3.8) is 0 Å². The highest BCUT2D eigenvalue weighted by Gasteiger charge is 2.24. The molecule has 1 aromatic heterocycles. The molecule has 1 aliphatic rings. The molecule has 1 amide bonds. The van der Waals surface area contributed by atoms with E-state index < -0.39 is 5.60 Å². The van der Waals surface area contributed by atoms with E-state index in [0.29, 0.717) is 13.1 Å². The van der Waals surface area contributed by atoms with E-state index in [1.54, 1.807) is 11.2 Å². The van der Waals surface area contributed by atoms with Crippen molar-refractivity contribution in [2.24, 2.45) is 0 Å². The zero-order valence-corrected chi connectivity index (χ0v) is 10.7. The first kappa shape index (κ1) is 12.0. The Hall–Kier alpha value is -1.45. The Morgan fingerprint density at radius 2 is 2.06 bits per heavy atom. The first-order valence-electron chi connectivity index (χ1n) is 5.99. The van der Waals surface area contributed by atoms with Gasteiger partial charge in [-0.05, 0) is 38.8 Å². The normalized spacial score (nSPS) is 16.3. The molecular formula is C13H19NO3. The predicted octanol–water partition coefficient (Wildman–Crippen LogP) is 2.62. The minimum atomic E-state index is -0.435. The standard InChI is InChI=1S/C13H19NO3/c1-13(2,3)17-12(15)14-7-4-10-6-9-16-11(10)5-8-14/h6,9H,4-5,7-8H2,1-3H3. The Kier molecular flexibility index (Phi) is 3.13. The van der Waals surface area contributed by atoms with E-state index >= 15 is 0 Å². The molecule has 1 aliphatic heterocycles. The van der Waals surface area contributed by atoms with Crippen LogP contribution < -0.4 is 0 Å². The van der Waals surface area contributed by atoms with Gasteiger partial charge in [-0.15, -0.1) is 0 Å². The summed E-state index contributed by atoms with van der Waals surface area (Å²) in [6.45, 7) is 7.00. The van der Waals surface area contributed by atoms with Crippen LogP contribution in [0.25, 0.3) is 0 Å². The maximum atomic E-state index is 11.9. The third kappa shape index (κ3) is 3.02. The highest BCUT2D eigenvalue weighted by atomic mass is 16.6. The van der Waals surface area contributed by atoms with E-state index in [0.717, 1.165) is 18.6 Å². The molecule has 0 bridgehead atoms. The van der Waals surface area contributed by atoms with Gasteiger partial charge in [0.25, 0.3) is 0 Å². The average molecular weight is 237 g/mol. The average Bonchev–Trinajstić information content (AvgIpc) is 2.54. The van der Waals surface area contributed by atoms with Gasteiger partial charge in [0, 0.05) is 19.5 Å². The minimum absolute atomic E-state index is 0.234. The molecule has 2 rings (SSSR count). The lowest BCUT2D eigenvalue weighted by molar-refractivity contribution is 0.0257. The fourth-order valence-electron chi connectivity index (χ4n) is 1.92. The molecule has 17 heavy (non-hydrogen) atoms. The molecule has 0 spiro atoms. The Balaban J connectivity index is 1.97. The van der Waals surface area contributed by atoms with E-state index in [9.17, 15) is 4.79 Å². The Bertz CT molecular complexity index is 381. The molecule has 0 fully saturated rings. The lowest BCUT2D eigenvalue weighted by atomic mass is 10.2. The number of rotatable bonds is 0. The first-order chi connectivity index (χ1) is 7.96. The molecule has 0 aromatic carbocycles. The summed E-state index contributed by atoms with van der Waals surface area (Å²) in [4.78, 5) is 13.7. The zero-order chi connectivity index (χ0) is 12.5. The molecule has 0 saturated heterocycles. The number of ether oxygens (including phenoxy) is 1. The second kappa shape index (κ2) is 4.43. The molecule has 1 aromatic rings. The maximum absolute atomic E-state index is 11.9. The van der Waals surface area contributed by atoms with Crippen molar-refractivity contribution in [1.82, 2.24) is 4.90 Å². The number of carbonyl (C=O) groups excluding carboxylic acids is 1. The van der Waals surface area contributed by atoms with E-state index in [1.807, 2.05) is 26.8 Å². The first-order valence-corrected chi connectivity index (χ1v) is 5.99. The number of amides is 1. The summed E-state index contributed by atoms with van der Waals surface area (Å²) >= 11 is 0. The molecule has 0 N–H and O–H groups in total. The van der Waals surface area contributed by atoms with Gasteiger partial charge in [-0.1, -0.05) is 0 Å². The third-order valence-corrected chi connectivity index (χ3v) is 2.75. The molecule has 4 nitrogen and oxygen atoms in total. The van der Waals surface area contributed by atoms with E-state index in [-0.39, 0.29) is 6.09 Å². The van der Waals surface area contributed by atoms with Crippen LogP contribution >= 0.6 is 0 Å². The number of carbonyl (C=O) groups is 1. The SMILES string of the molecule is CC(C)(C)OC(=O)N1CCc2ccoc2CC1. The van der Waals surface area contributed by atoms with Crippen LogP contribution in [-0.4, -0.2) is 29.7 Å². The molecule has 2 heterocycles. The van der Waals surface area contributed by atoms with Crippen molar-refractivity contribution < 1.29 is 13.9 Å². The summed E-state index contributed by atoms with van der Waals surface area (Å²) < 4.78 is 10.8. The number of fused-ring (bicyclic) bond motifs is 1. The minimum Gasteiger partial charge on any atom is -0.469 e. The smallest absolute Gasteiger partial charge is 0.410 e. The second-order valence-corrected chi connectivity index (χ2v) is 5.34. The maximum Gasteiger partial charge on any atom is 0.410 e. The largest absolute Gasteiger partial charge is 0.469 e. The number of hydrogen-bond donors (Lipinski definition) is 0. The quantitative estimate of drug-likeness (QED) is 0.696. The van der Waals surface area contributed by atoms with E-state index in [1.165, 1.54) is 5.56 Å². The number of furan rings is 1. The van der Waals surface area contributed by atoms with Crippen LogP contribution in [0.1, 0.15) is 32.1 Å². The highest BCUT2D eigenvalue weighted by Crippen LogP contribution is 2.18. The van der Waals surface area contributed by atoms with Gasteiger partial charge in [-0.2, -0.15) is 0 Å². The summed E-state index contributed by atoms with van der Waals surface area (Å²) in [5.41, 5.74) is 0.770.